The van der Waals surface area contributed by atoms with Gasteiger partial charge in [-0.1, -0.05) is 0 Å². The molecular formula is C11H10ClF3N2O. The molecule has 0 spiro atoms. The van der Waals surface area contributed by atoms with Crippen LogP contribution in [0.15, 0.2) is 17.2 Å². The van der Waals surface area contributed by atoms with Crippen LogP contribution in [0.4, 0.5) is 13.2 Å². The maximum Gasteiger partial charge on any atom is 0.227 e. The molecule has 0 bridgehead atoms. The quantitative estimate of drug-likeness (QED) is 0.297. The number of amides is 1. The molecule has 3 nitrogen and oxygen atoms in total. The Bertz CT molecular complexity index is 475. The highest BCUT2D eigenvalue weighted by Crippen LogP contribution is 2.23. The first-order valence-electron chi connectivity index (χ1n) is 4.88. The summed E-state index contributed by atoms with van der Waals surface area (Å²) >= 11 is 5.99. The van der Waals surface area contributed by atoms with Gasteiger partial charge in [0.2, 0.25) is 6.41 Å². The maximum atomic E-state index is 13.1. The number of hydrogen-bond donors (Lipinski definition) is 1. The summed E-state index contributed by atoms with van der Waals surface area (Å²) in [5.74, 6) is -4.29. The average Bonchev–Trinajstić information content (AvgIpc) is 2.24. The van der Waals surface area contributed by atoms with E-state index in [-0.39, 0.29) is 17.7 Å². The lowest BCUT2D eigenvalue weighted by molar-refractivity contribution is -0.109. The van der Waals surface area contributed by atoms with Gasteiger partial charge in [0.1, 0.15) is 0 Å². The van der Waals surface area contributed by atoms with E-state index in [2.05, 4.69) is 5.10 Å². The molecule has 0 heterocycles. The van der Waals surface area contributed by atoms with Crippen LogP contribution in [0.1, 0.15) is 19.4 Å². The number of rotatable bonds is 4. The second-order valence-electron chi connectivity index (χ2n) is 3.93. The van der Waals surface area contributed by atoms with E-state index in [1.807, 2.05) is 5.43 Å². The second kappa shape index (κ2) is 5.39. The van der Waals surface area contributed by atoms with Crippen LogP contribution in [0.25, 0.3) is 0 Å². The minimum Gasteiger partial charge on any atom is -0.277 e. The molecule has 0 saturated carbocycles. The topological polar surface area (TPSA) is 41.5 Å². The second-order valence-corrected chi connectivity index (χ2v) is 4.88. The first-order chi connectivity index (χ1) is 8.27. The molecule has 0 saturated heterocycles. The normalized spacial score (nSPS) is 12.4. The van der Waals surface area contributed by atoms with Crippen LogP contribution in [-0.2, 0) is 4.79 Å². The monoisotopic (exact) mass is 278 g/mol. The van der Waals surface area contributed by atoms with E-state index in [9.17, 15) is 18.0 Å². The van der Waals surface area contributed by atoms with Crippen LogP contribution in [-0.4, -0.2) is 17.0 Å². The standard InChI is InChI=1S/C11H10ClF3N2O/c1-11(2,12)10(17-16-5-18)6-3-7(13)9(15)8(14)4-6/h3-5H,1-2H3,(H,16,18). The Balaban J connectivity index is 3.35. The van der Waals surface area contributed by atoms with Crippen molar-refractivity contribution in [3.05, 3.63) is 35.1 Å². The van der Waals surface area contributed by atoms with Crippen LogP contribution in [0.3, 0.4) is 0 Å². The minimum atomic E-state index is -1.58. The molecule has 1 amide bonds. The molecule has 0 aromatic heterocycles. The molecular weight excluding hydrogens is 269 g/mol. The van der Waals surface area contributed by atoms with E-state index < -0.39 is 22.3 Å². The Morgan fingerprint density at radius 2 is 1.83 bits per heavy atom. The highest BCUT2D eigenvalue weighted by Gasteiger charge is 2.26. The van der Waals surface area contributed by atoms with Crippen LogP contribution in [0.5, 0.6) is 0 Å². The van der Waals surface area contributed by atoms with Gasteiger partial charge in [0.15, 0.2) is 17.5 Å². The number of carbonyl (C=O) groups is 1. The SMILES string of the molecule is CC(C)(Cl)C(=NNC=O)c1cc(F)c(F)c(F)c1. The fraction of sp³-hybridized carbons (Fsp3) is 0.273. The van der Waals surface area contributed by atoms with E-state index in [4.69, 9.17) is 11.6 Å². The van der Waals surface area contributed by atoms with Crippen molar-refractivity contribution in [2.45, 2.75) is 18.7 Å². The Kier molecular flexibility index (Phi) is 4.34. The third-order valence-corrected chi connectivity index (χ3v) is 2.23. The molecule has 0 atom stereocenters. The first kappa shape index (κ1) is 14.5. The molecule has 0 unspecified atom stereocenters. The lowest BCUT2D eigenvalue weighted by atomic mass is 9.99. The van der Waals surface area contributed by atoms with Crippen LogP contribution in [0.2, 0.25) is 0 Å². The van der Waals surface area contributed by atoms with Crippen molar-refractivity contribution in [2.24, 2.45) is 5.10 Å². The van der Waals surface area contributed by atoms with Crippen molar-refractivity contribution >= 4 is 23.7 Å². The Labute approximate surface area is 107 Å². The summed E-state index contributed by atoms with van der Waals surface area (Å²) in [5, 5.41) is 3.61. The Morgan fingerprint density at radius 3 is 2.22 bits per heavy atom. The third kappa shape index (κ3) is 3.22. The number of hydrogen-bond acceptors (Lipinski definition) is 2. The van der Waals surface area contributed by atoms with Gasteiger partial charge < -0.3 is 0 Å². The summed E-state index contributed by atoms with van der Waals surface area (Å²) in [6.45, 7) is 3.03. The number of nitrogens with zero attached hydrogens (tertiary/aromatic N) is 1. The summed E-state index contributed by atoms with van der Waals surface area (Å²) in [4.78, 5) is 9.08. The highest BCUT2D eigenvalue weighted by atomic mass is 35.5. The Morgan fingerprint density at radius 1 is 1.33 bits per heavy atom. The van der Waals surface area contributed by atoms with Gasteiger partial charge in [-0.25, -0.2) is 18.6 Å². The zero-order chi connectivity index (χ0) is 13.9. The van der Waals surface area contributed by atoms with Gasteiger partial charge in [-0.05, 0) is 26.0 Å². The predicted octanol–water partition coefficient (Wildman–Crippen LogP) is 2.57. The van der Waals surface area contributed by atoms with Crippen LogP contribution >= 0.6 is 11.6 Å². The molecule has 0 aliphatic carbocycles. The van der Waals surface area contributed by atoms with E-state index in [0.717, 1.165) is 12.1 Å². The molecule has 0 fully saturated rings. The molecule has 0 radical (unpaired) electrons. The van der Waals surface area contributed by atoms with Crippen molar-refractivity contribution in [1.82, 2.24) is 5.43 Å². The van der Waals surface area contributed by atoms with Crippen molar-refractivity contribution in [2.75, 3.05) is 0 Å². The van der Waals surface area contributed by atoms with Crippen LogP contribution < -0.4 is 5.43 Å². The molecule has 1 N–H and O–H groups in total. The zero-order valence-corrected chi connectivity index (χ0v) is 10.4. The molecule has 1 aromatic carbocycles. The number of benzene rings is 1. The molecule has 1 rings (SSSR count). The number of carbonyl (C=O) groups excluding carboxylic acids is 1. The average molecular weight is 279 g/mol. The number of nitrogens with one attached hydrogen (secondary N) is 1. The molecule has 98 valence electrons. The first-order valence-corrected chi connectivity index (χ1v) is 5.26. The maximum absolute atomic E-state index is 13.1. The van der Waals surface area contributed by atoms with E-state index in [1.165, 1.54) is 13.8 Å². The fourth-order valence-electron chi connectivity index (χ4n) is 1.32. The van der Waals surface area contributed by atoms with E-state index in [0.29, 0.717) is 0 Å². The van der Waals surface area contributed by atoms with Crippen LogP contribution in [0, 0.1) is 17.5 Å². The van der Waals surface area contributed by atoms with E-state index >= 15 is 0 Å². The molecule has 7 heteroatoms. The van der Waals surface area contributed by atoms with Gasteiger partial charge in [0.25, 0.3) is 0 Å². The number of hydrazone groups is 1. The van der Waals surface area contributed by atoms with Crippen molar-refractivity contribution in [3.8, 4) is 0 Å². The lowest BCUT2D eigenvalue weighted by Gasteiger charge is -2.19. The molecule has 0 aliphatic rings. The summed E-state index contributed by atoms with van der Waals surface area (Å²) in [5.41, 5.74) is 1.94. The Hall–Kier alpha value is -1.56. The summed E-state index contributed by atoms with van der Waals surface area (Å²) in [6.07, 6.45) is 0.277. The van der Waals surface area contributed by atoms with Gasteiger partial charge in [-0.2, -0.15) is 5.10 Å². The minimum absolute atomic E-state index is 0.00840. The van der Waals surface area contributed by atoms with Gasteiger partial charge in [0, 0.05) is 5.56 Å². The number of alkyl halides is 1. The van der Waals surface area contributed by atoms with E-state index in [1.54, 1.807) is 0 Å². The number of halogens is 4. The fourth-order valence-corrected chi connectivity index (χ4v) is 1.48. The molecule has 0 aliphatic heterocycles. The molecule has 18 heavy (non-hydrogen) atoms. The summed E-state index contributed by atoms with van der Waals surface area (Å²) in [6, 6.07) is 1.52. The predicted molar refractivity (Wildman–Crippen MR) is 62.0 cm³/mol. The highest BCUT2D eigenvalue weighted by molar-refractivity contribution is 6.38. The molecule has 1 aromatic rings. The van der Waals surface area contributed by atoms with Crippen molar-refractivity contribution in [3.63, 3.8) is 0 Å². The van der Waals surface area contributed by atoms with Crippen molar-refractivity contribution in [1.29, 1.82) is 0 Å². The zero-order valence-electron chi connectivity index (χ0n) is 9.60. The van der Waals surface area contributed by atoms with Gasteiger partial charge in [-0.15, -0.1) is 11.6 Å². The third-order valence-electron chi connectivity index (χ3n) is 2.05. The summed E-state index contributed by atoms with van der Waals surface area (Å²) < 4.78 is 39.0. The lowest BCUT2D eigenvalue weighted by Crippen LogP contribution is -2.28. The summed E-state index contributed by atoms with van der Waals surface area (Å²) in [7, 11) is 0. The van der Waals surface area contributed by atoms with Gasteiger partial charge >= 0.3 is 0 Å². The largest absolute Gasteiger partial charge is 0.277 e. The van der Waals surface area contributed by atoms with Gasteiger partial charge in [0.05, 0.1) is 10.6 Å². The smallest absolute Gasteiger partial charge is 0.227 e. The van der Waals surface area contributed by atoms with Crippen molar-refractivity contribution < 1.29 is 18.0 Å². The van der Waals surface area contributed by atoms with Gasteiger partial charge in [-0.3, -0.25) is 4.79 Å².